The maximum absolute atomic E-state index is 11.4. The summed E-state index contributed by atoms with van der Waals surface area (Å²) in [6.45, 7) is 0. The molecule has 26 heavy (non-hydrogen) atoms. The Morgan fingerprint density at radius 3 is 2.42 bits per heavy atom. The molecule has 0 amide bonds. The van der Waals surface area contributed by atoms with Gasteiger partial charge in [-0.2, -0.15) is 0 Å². The molecule has 134 valence electrons. The van der Waals surface area contributed by atoms with Gasteiger partial charge in [0.15, 0.2) is 11.5 Å². The van der Waals surface area contributed by atoms with Crippen LogP contribution < -0.4 is 14.2 Å². The number of fused-ring (bicyclic) bond motifs is 1. The van der Waals surface area contributed by atoms with E-state index < -0.39 is 4.92 Å². The van der Waals surface area contributed by atoms with Gasteiger partial charge in [0.05, 0.1) is 48.1 Å². The number of hydrogen-bond acceptors (Lipinski definition) is 7. The van der Waals surface area contributed by atoms with Gasteiger partial charge in [0.25, 0.3) is 5.69 Å². The molecule has 0 aliphatic heterocycles. The molecule has 1 heterocycles. The highest BCUT2D eigenvalue weighted by Crippen LogP contribution is 2.35. The number of ether oxygens (including phenoxy) is 3. The molecule has 0 bridgehead atoms. The number of nitro groups is 1. The van der Waals surface area contributed by atoms with Crippen molar-refractivity contribution in [2.45, 2.75) is 0 Å². The van der Waals surface area contributed by atoms with E-state index in [4.69, 9.17) is 14.2 Å². The van der Waals surface area contributed by atoms with Crippen molar-refractivity contribution in [3.63, 3.8) is 0 Å². The molecular formula is C18H16N2O5S. The molecule has 2 aromatic carbocycles. The Bertz CT molecular complexity index is 997. The number of benzene rings is 2. The van der Waals surface area contributed by atoms with Crippen LogP contribution in [-0.2, 0) is 0 Å². The summed E-state index contributed by atoms with van der Waals surface area (Å²) in [5, 5.41) is 12.1. The summed E-state index contributed by atoms with van der Waals surface area (Å²) >= 11 is 1.47. The van der Waals surface area contributed by atoms with E-state index in [0.717, 1.165) is 21.0 Å². The van der Waals surface area contributed by atoms with Crippen LogP contribution in [0.1, 0.15) is 10.6 Å². The molecule has 0 N–H and O–H groups in total. The van der Waals surface area contributed by atoms with Gasteiger partial charge in [0.2, 0.25) is 0 Å². The van der Waals surface area contributed by atoms with Gasteiger partial charge in [0, 0.05) is 0 Å². The zero-order valence-corrected chi connectivity index (χ0v) is 15.2. The highest BCUT2D eigenvalue weighted by atomic mass is 32.1. The molecule has 0 aliphatic carbocycles. The summed E-state index contributed by atoms with van der Waals surface area (Å²) in [6.07, 6.45) is 3.39. The Hall–Kier alpha value is -3.13. The summed E-state index contributed by atoms with van der Waals surface area (Å²) in [6, 6.07) is 8.55. The third-order valence-electron chi connectivity index (χ3n) is 3.75. The Balaban J connectivity index is 2.00. The van der Waals surface area contributed by atoms with Crippen LogP contribution in [0.5, 0.6) is 17.2 Å². The van der Waals surface area contributed by atoms with Crippen molar-refractivity contribution in [2.24, 2.45) is 0 Å². The van der Waals surface area contributed by atoms with Crippen LogP contribution in [0.4, 0.5) is 5.69 Å². The van der Waals surface area contributed by atoms with Crippen molar-refractivity contribution < 1.29 is 19.1 Å². The number of aromatic nitrogens is 1. The number of thiazole rings is 1. The minimum Gasteiger partial charge on any atom is -0.497 e. The Kier molecular flexibility index (Phi) is 5.04. The van der Waals surface area contributed by atoms with Gasteiger partial charge in [0.1, 0.15) is 10.8 Å². The van der Waals surface area contributed by atoms with E-state index in [1.807, 2.05) is 18.2 Å². The van der Waals surface area contributed by atoms with Crippen molar-refractivity contribution in [1.29, 1.82) is 0 Å². The van der Waals surface area contributed by atoms with Crippen LogP contribution in [0.3, 0.4) is 0 Å². The summed E-state index contributed by atoms with van der Waals surface area (Å²) in [7, 11) is 4.53. The lowest BCUT2D eigenvalue weighted by atomic mass is 10.1. The average molecular weight is 372 g/mol. The molecular weight excluding hydrogens is 356 g/mol. The number of nitrogens with zero attached hydrogens (tertiary/aromatic N) is 2. The fraction of sp³-hybridized carbons (Fsp3) is 0.167. The predicted octanol–water partition coefficient (Wildman–Crippen LogP) is 4.40. The monoisotopic (exact) mass is 372 g/mol. The highest BCUT2D eigenvalue weighted by molar-refractivity contribution is 7.19. The third-order valence-corrected chi connectivity index (χ3v) is 4.73. The average Bonchev–Trinajstić information content (AvgIpc) is 3.07. The van der Waals surface area contributed by atoms with E-state index in [2.05, 4.69) is 4.98 Å². The van der Waals surface area contributed by atoms with Crippen molar-refractivity contribution in [3.05, 3.63) is 51.0 Å². The first-order valence-corrected chi connectivity index (χ1v) is 8.40. The molecule has 0 atom stereocenters. The molecule has 3 aromatic rings. The minimum absolute atomic E-state index is 0.0679. The van der Waals surface area contributed by atoms with Crippen LogP contribution >= 0.6 is 11.3 Å². The fourth-order valence-electron chi connectivity index (χ4n) is 2.46. The van der Waals surface area contributed by atoms with Gasteiger partial charge in [-0.3, -0.25) is 10.1 Å². The van der Waals surface area contributed by atoms with Gasteiger partial charge in [-0.15, -0.1) is 11.3 Å². The summed E-state index contributed by atoms with van der Waals surface area (Å²) in [4.78, 5) is 15.4. The summed E-state index contributed by atoms with van der Waals surface area (Å²) < 4.78 is 16.5. The number of nitro benzene ring substituents is 1. The molecule has 0 saturated carbocycles. The second-order valence-corrected chi connectivity index (χ2v) is 6.30. The summed E-state index contributed by atoms with van der Waals surface area (Å²) in [5.74, 6) is 1.49. The van der Waals surface area contributed by atoms with Crippen molar-refractivity contribution in [3.8, 4) is 17.2 Å². The third kappa shape index (κ3) is 3.45. The van der Waals surface area contributed by atoms with Crippen LogP contribution in [0.25, 0.3) is 22.4 Å². The van der Waals surface area contributed by atoms with E-state index in [1.54, 1.807) is 25.3 Å². The molecule has 0 spiro atoms. The highest BCUT2D eigenvalue weighted by Gasteiger charge is 2.18. The molecule has 0 saturated heterocycles. The zero-order valence-electron chi connectivity index (χ0n) is 14.4. The SMILES string of the molecule is COc1ccc2nc(/C=C/c3cc(OC)c(OC)cc3[N+](=O)[O-])sc2c1. The zero-order chi connectivity index (χ0) is 18.7. The molecule has 3 rings (SSSR count). The summed E-state index contributed by atoms with van der Waals surface area (Å²) in [5.41, 5.74) is 1.18. The van der Waals surface area contributed by atoms with Crippen LogP contribution in [0.2, 0.25) is 0 Å². The molecule has 7 nitrogen and oxygen atoms in total. The van der Waals surface area contributed by atoms with Crippen molar-refractivity contribution in [1.82, 2.24) is 4.98 Å². The lowest BCUT2D eigenvalue weighted by Gasteiger charge is -2.08. The van der Waals surface area contributed by atoms with E-state index in [-0.39, 0.29) is 5.69 Å². The number of rotatable bonds is 6. The predicted molar refractivity (Wildman–Crippen MR) is 101 cm³/mol. The van der Waals surface area contributed by atoms with Gasteiger partial charge in [-0.05, 0) is 36.4 Å². The quantitative estimate of drug-likeness (QED) is 0.471. The van der Waals surface area contributed by atoms with Crippen LogP contribution in [0.15, 0.2) is 30.3 Å². The van der Waals surface area contributed by atoms with Crippen molar-refractivity contribution in [2.75, 3.05) is 21.3 Å². The topological polar surface area (TPSA) is 83.7 Å². The lowest BCUT2D eigenvalue weighted by molar-refractivity contribution is -0.385. The molecule has 8 heteroatoms. The van der Waals surface area contributed by atoms with E-state index in [1.165, 1.54) is 31.6 Å². The maximum atomic E-state index is 11.4. The maximum Gasteiger partial charge on any atom is 0.280 e. The van der Waals surface area contributed by atoms with E-state index in [9.17, 15) is 10.1 Å². The lowest BCUT2D eigenvalue weighted by Crippen LogP contribution is -1.96. The molecule has 1 aromatic heterocycles. The smallest absolute Gasteiger partial charge is 0.280 e. The number of methoxy groups -OCH3 is 3. The largest absolute Gasteiger partial charge is 0.497 e. The van der Waals surface area contributed by atoms with Gasteiger partial charge >= 0.3 is 0 Å². The second-order valence-electron chi connectivity index (χ2n) is 5.24. The first kappa shape index (κ1) is 17.7. The number of hydrogen-bond donors (Lipinski definition) is 0. The van der Waals surface area contributed by atoms with Gasteiger partial charge in [-0.25, -0.2) is 4.98 Å². The molecule has 0 radical (unpaired) electrons. The standard InChI is InChI=1S/C18H16N2O5S/c1-23-12-5-6-13-17(9-12)26-18(19-13)7-4-11-8-15(24-2)16(25-3)10-14(11)20(21)22/h4-10H,1-3H3/b7-4+. The minimum atomic E-state index is -0.454. The van der Waals surface area contributed by atoms with Crippen LogP contribution in [0, 0.1) is 10.1 Å². The molecule has 0 fully saturated rings. The van der Waals surface area contributed by atoms with Crippen molar-refractivity contribution >= 4 is 39.4 Å². The van der Waals surface area contributed by atoms with Gasteiger partial charge < -0.3 is 14.2 Å². The van der Waals surface area contributed by atoms with Crippen LogP contribution in [-0.4, -0.2) is 31.2 Å². The molecule has 0 unspecified atom stereocenters. The van der Waals surface area contributed by atoms with Gasteiger partial charge in [-0.1, -0.05) is 0 Å². The Labute approximate surface area is 153 Å². The Morgan fingerprint density at radius 1 is 1.04 bits per heavy atom. The second kappa shape index (κ2) is 7.40. The molecule has 0 aliphatic rings. The fourth-order valence-corrected chi connectivity index (χ4v) is 3.36. The normalized spacial score (nSPS) is 11.0. The first-order chi connectivity index (χ1) is 12.5. The Morgan fingerprint density at radius 2 is 1.77 bits per heavy atom. The first-order valence-electron chi connectivity index (χ1n) is 7.58. The van der Waals surface area contributed by atoms with E-state index >= 15 is 0 Å². The van der Waals surface area contributed by atoms with E-state index in [0.29, 0.717) is 17.1 Å².